The Morgan fingerprint density at radius 2 is 1.79 bits per heavy atom. The minimum Gasteiger partial charge on any atom is -0.371 e. The zero-order chi connectivity index (χ0) is 16.1. The van der Waals surface area contributed by atoms with E-state index >= 15 is 0 Å². The monoisotopic (exact) mass is 314 g/mol. The van der Waals surface area contributed by atoms with E-state index in [4.69, 9.17) is 0 Å². The first-order valence-electron chi connectivity index (χ1n) is 9.04. The molecule has 0 N–H and O–H groups in total. The standard InChI is InChI=1S/C22H22N2/c1-15-12-21-18(14-20(15)16-6-8-23-9-7-16)13-17-4-2-10-24-11-3-5-19(21)22(17)24/h6-9,13-14H,1-5,10-12H2. The summed E-state index contributed by atoms with van der Waals surface area (Å²) in [6.45, 7) is 6.86. The topological polar surface area (TPSA) is 16.1 Å². The predicted octanol–water partition coefficient (Wildman–Crippen LogP) is 4.43. The third kappa shape index (κ3) is 2.06. The molecule has 1 aromatic heterocycles. The molecule has 0 saturated heterocycles. The molecule has 1 aliphatic carbocycles. The summed E-state index contributed by atoms with van der Waals surface area (Å²) >= 11 is 0. The lowest BCUT2D eigenvalue weighted by molar-refractivity contribution is 0.631. The summed E-state index contributed by atoms with van der Waals surface area (Å²) in [7, 11) is 0. The molecule has 0 bridgehead atoms. The van der Waals surface area contributed by atoms with Gasteiger partial charge in [-0.2, -0.15) is 0 Å². The summed E-state index contributed by atoms with van der Waals surface area (Å²) < 4.78 is 0. The van der Waals surface area contributed by atoms with Crippen molar-refractivity contribution in [3.63, 3.8) is 0 Å². The van der Waals surface area contributed by atoms with E-state index < -0.39 is 0 Å². The molecule has 2 heteroatoms. The molecule has 5 rings (SSSR count). The predicted molar refractivity (Wildman–Crippen MR) is 100 cm³/mol. The van der Waals surface area contributed by atoms with Crippen molar-refractivity contribution in [3.05, 3.63) is 70.6 Å². The van der Waals surface area contributed by atoms with E-state index in [1.807, 2.05) is 12.4 Å². The van der Waals surface area contributed by atoms with Gasteiger partial charge in [0.05, 0.1) is 0 Å². The van der Waals surface area contributed by atoms with Crippen LogP contribution in [-0.4, -0.2) is 18.1 Å². The highest BCUT2D eigenvalue weighted by Crippen LogP contribution is 2.43. The highest BCUT2D eigenvalue weighted by molar-refractivity contribution is 5.95. The summed E-state index contributed by atoms with van der Waals surface area (Å²) in [5.41, 5.74) is 11.4. The molecule has 24 heavy (non-hydrogen) atoms. The Bertz CT molecular complexity index is 859. The highest BCUT2D eigenvalue weighted by atomic mass is 15.1. The van der Waals surface area contributed by atoms with Gasteiger partial charge in [0.1, 0.15) is 0 Å². The lowest BCUT2D eigenvalue weighted by Gasteiger charge is -2.39. The van der Waals surface area contributed by atoms with Crippen molar-refractivity contribution in [2.24, 2.45) is 0 Å². The number of rotatable bonds is 1. The molecule has 0 spiro atoms. The third-order valence-corrected chi connectivity index (χ3v) is 5.74. The Kier molecular flexibility index (Phi) is 3.12. The third-order valence-electron chi connectivity index (χ3n) is 5.74. The Morgan fingerprint density at radius 1 is 1.00 bits per heavy atom. The number of aromatic nitrogens is 1. The van der Waals surface area contributed by atoms with E-state index in [0.29, 0.717) is 0 Å². The Hall–Kier alpha value is -2.35. The normalized spacial score (nSPS) is 18.8. The first-order valence-corrected chi connectivity index (χ1v) is 9.04. The molecule has 2 aromatic rings. The van der Waals surface area contributed by atoms with Crippen LogP contribution in [0.5, 0.6) is 0 Å². The Labute approximate surface area is 143 Å². The number of fused-ring (bicyclic) bond motifs is 2. The molecular formula is C22H22N2. The number of aryl methyl sites for hydroxylation is 1. The molecular weight excluding hydrogens is 292 g/mol. The van der Waals surface area contributed by atoms with Crippen LogP contribution in [0.3, 0.4) is 0 Å². The fourth-order valence-corrected chi connectivity index (χ4v) is 4.67. The molecule has 0 atom stereocenters. The SMILES string of the molecule is C=C1Cc2c(cc3c4c2CCCN4CCC3)C=C1c1ccncc1. The number of allylic oxidation sites excluding steroid dienone is 2. The van der Waals surface area contributed by atoms with Gasteiger partial charge >= 0.3 is 0 Å². The van der Waals surface area contributed by atoms with Gasteiger partial charge in [-0.1, -0.05) is 6.58 Å². The fraction of sp³-hybridized carbons (Fsp3) is 0.318. The van der Waals surface area contributed by atoms with Crippen molar-refractivity contribution < 1.29 is 0 Å². The quantitative estimate of drug-likeness (QED) is 0.774. The second-order valence-electron chi connectivity index (χ2n) is 7.20. The van der Waals surface area contributed by atoms with Gasteiger partial charge in [-0.15, -0.1) is 0 Å². The van der Waals surface area contributed by atoms with Crippen molar-refractivity contribution >= 4 is 17.3 Å². The minimum absolute atomic E-state index is 0.986. The van der Waals surface area contributed by atoms with E-state index in [9.17, 15) is 0 Å². The summed E-state index contributed by atoms with van der Waals surface area (Å²) in [5.74, 6) is 0. The molecule has 2 aliphatic heterocycles. The molecule has 0 radical (unpaired) electrons. The van der Waals surface area contributed by atoms with Crippen molar-refractivity contribution in [3.8, 4) is 0 Å². The van der Waals surface area contributed by atoms with Gasteiger partial charge < -0.3 is 4.90 Å². The van der Waals surface area contributed by atoms with Gasteiger partial charge in [0.2, 0.25) is 0 Å². The zero-order valence-electron chi connectivity index (χ0n) is 14.0. The van der Waals surface area contributed by atoms with Crippen molar-refractivity contribution in [1.82, 2.24) is 4.98 Å². The Balaban J connectivity index is 1.70. The van der Waals surface area contributed by atoms with Gasteiger partial charge in [-0.25, -0.2) is 0 Å². The molecule has 0 unspecified atom stereocenters. The van der Waals surface area contributed by atoms with Crippen LogP contribution in [0.4, 0.5) is 5.69 Å². The van der Waals surface area contributed by atoms with Crippen LogP contribution in [0.25, 0.3) is 11.6 Å². The molecule has 3 heterocycles. The summed E-state index contributed by atoms with van der Waals surface area (Å²) in [5, 5.41) is 0. The molecule has 2 nitrogen and oxygen atoms in total. The maximum Gasteiger partial charge on any atom is 0.0434 e. The number of pyridine rings is 1. The van der Waals surface area contributed by atoms with Gasteiger partial charge in [0.15, 0.2) is 0 Å². The smallest absolute Gasteiger partial charge is 0.0434 e. The number of hydrogen-bond acceptors (Lipinski definition) is 2. The van der Waals surface area contributed by atoms with Crippen LogP contribution in [0, 0.1) is 0 Å². The van der Waals surface area contributed by atoms with Crippen LogP contribution < -0.4 is 4.90 Å². The van der Waals surface area contributed by atoms with Gasteiger partial charge in [-0.05, 0) is 95.3 Å². The van der Waals surface area contributed by atoms with E-state index in [0.717, 1.165) is 6.42 Å². The maximum absolute atomic E-state index is 4.39. The number of nitrogens with zero attached hydrogens (tertiary/aromatic N) is 2. The fourth-order valence-electron chi connectivity index (χ4n) is 4.67. The maximum atomic E-state index is 4.39. The first-order chi connectivity index (χ1) is 11.8. The minimum atomic E-state index is 0.986. The van der Waals surface area contributed by atoms with Crippen molar-refractivity contribution in [2.75, 3.05) is 18.0 Å². The van der Waals surface area contributed by atoms with Gasteiger partial charge in [0, 0.05) is 31.2 Å². The number of anilines is 1. The van der Waals surface area contributed by atoms with Crippen molar-refractivity contribution in [2.45, 2.75) is 32.1 Å². The second kappa shape index (κ2) is 5.34. The van der Waals surface area contributed by atoms with E-state index in [1.54, 1.807) is 16.8 Å². The number of hydrogen-bond donors (Lipinski definition) is 0. The van der Waals surface area contributed by atoms with E-state index in [-0.39, 0.29) is 0 Å². The summed E-state index contributed by atoms with van der Waals surface area (Å²) in [4.78, 5) is 6.78. The van der Waals surface area contributed by atoms with Crippen LogP contribution in [0.15, 0.2) is 42.7 Å². The van der Waals surface area contributed by atoms with Crippen LogP contribution in [-0.2, 0) is 19.3 Å². The van der Waals surface area contributed by atoms with Gasteiger partial charge in [-0.3, -0.25) is 4.98 Å². The molecule has 3 aliphatic rings. The van der Waals surface area contributed by atoms with Crippen molar-refractivity contribution in [1.29, 1.82) is 0 Å². The molecule has 0 fully saturated rings. The summed E-state index contributed by atoms with van der Waals surface area (Å²) in [6.07, 6.45) is 12.1. The zero-order valence-corrected chi connectivity index (χ0v) is 14.0. The lowest BCUT2D eigenvalue weighted by atomic mass is 9.78. The molecule has 1 aromatic carbocycles. The second-order valence-corrected chi connectivity index (χ2v) is 7.20. The first kappa shape index (κ1) is 14.0. The highest BCUT2D eigenvalue weighted by Gasteiger charge is 2.29. The van der Waals surface area contributed by atoms with Crippen LogP contribution >= 0.6 is 0 Å². The van der Waals surface area contributed by atoms with E-state index in [2.05, 4.69) is 40.7 Å². The van der Waals surface area contributed by atoms with Gasteiger partial charge in [0.25, 0.3) is 0 Å². The average Bonchev–Trinajstić information content (AvgIpc) is 2.63. The Morgan fingerprint density at radius 3 is 2.62 bits per heavy atom. The largest absolute Gasteiger partial charge is 0.371 e. The molecule has 0 amide bonds. The van der Waals surface area contributed by atoms with Crippen LogP contribution in [0.1, 0.15) is 40.7 Å². The van der Waals surface area contributed by atoms with Crippen LogP contribution in [0.2, 0.25) is 0 Å². The van der Waals surface area contributed by atoms with E-state index in [1.165, 1.54) is 66.6 Å². The molecule has 120 valence electrons. The molecule has 0 saturated carbocycles. The average molecular weight is 314 g/mol. The lowest BCUT2D eigenvalue weighted by Crippen LogP contribution is -2.35. The number of benzene rings is 1. The summed E-state index contributed by atoms with van der Waals surface area (Å²) in [6, 6.07) is 6.64.